The van der Waals surface area contributed by atoms with Gasteiger partial charge >= 0.3 is 0 Å². The molecule has 6 amide bonds. The summed E-state index contributed by atoms with van der Waals surface area (Å²) in [7, 11) is 3.94. The highest BCUT2D eigenvalue weighted by atomic mass is 19.1. The molecular weight excluding hydrogens is 1510 g/mol. The minimum absolute atomic E-state index is 0.0539. The van der Waals surface area contributed by atoms with Gasteiger partial charge in [0.05, 0.1) is 52.6 Å². The van der Waals surface area contributed by atoms with Crippen LogP contribution >= 0.6 is 0 Å². The number of carbonyl (C=O) groups excluding carboxylic acids is 6. The molecule has 5 aliphatic rings. The molecule has 120 heavy (non-hydrogen) atoms. The molecule has 5 heterocycles. The summed E-state index contributed by atoms with van der Waals surface area (Å²) in [6.45, 7) is 31.4. The molecule has 630 valence electrons. The average Bonchev–Trinajstić information content (AvgIpc) is 1.16. The number of anilines is 6. The number of nitrogens with zero attached hydrogens (tertiary/aromatic N) is 6. The summed E-state index contributed by atoms with van der Waals surface area (Å²) >= 11 is 0. The molecule has 5 saturated heterocycles. The molecule has 19 heteroatoms. The highest BCUT2D eigenvalue weighted by Crippen LogP contribution is 2.44. The first kappa shape index (κ1) is 87.8. The fraction of sp³-hybridized carbons (Fsp3) is 0.386. The van der Waals surface area contributed by atoms with E-state index in [0.29, 0.717) is 80.9 Å². The highest BCUT2D eigenvalue weighted by Gasteiger charge is 2.45. The number of carbonyl (C=O) groups is 6. The van der Waals surface area contributed by atoms with Crippen LogP contribution in [0.3, 0.4) is 0 Å². The number of piperidine rings is 3. The summed E-state index contributed by atoms with van der Waals surface area (Å²) in [5.74, 6) is -4.61. The molecule has 9 aromatic carbocycles. The number of allylic oxidation sites excluding steroid dienone is 1. The normalized spacial score (nSPS) is 19.3. The molecule has 5 aliphatic heterocycles. The molecule has 0 bridgehead atoms. The second-order valence-electron chi connectivity index (χ2n) is 35.2. The van der Waals surface area contributed by atoms with E-state index in [0.717, 1.165) is 119 Å². The van der Waals surface area contributed by atoms with Crippen molar-refractivity contribution in [3.05, 3.63) is 297 Å². The van der Waals surface area contributed by atoms with E-state index in [1.54, 1.807) is 71.9 Å². The zero-order valence-corrected chi connectivity index (χ0v) is 72.1. The Morgan fingerprint density at radius 1 is 0.442 bits per heavy atom. The van der Waals surface area contributed by atoms with Gasteiger partial charge in [0, 0.05) is 106 Å². The summed E-state index contributed by atoms with van der Waals surface area (Å²) in [6.07, 6.45) is 8.35. The number of hydrogen-bond acceptors (Lipinski definition) is 10. The first-order valence-corrected chi connectivity index (χ1v) is 42.7. The average molecular weight is 1630 g/mol. The molecule has 9 aromatic rings. The number of benzene rings is 9. The van der Waals surface area contributed by atoms with Crippen LogP contribution in [0.25, 0.3) is 0 Å². The summed E-state index contributed by atoms with van der Waals surface area (Å²) < 4.78 is 44.8. The van der Waals surface area contributed by atoms with Gasteiger partial charge < -0.3 is 50.7 Å². The van der Waals surface area contributed by atoms with Crippen LogP contribution in [0.1, 0.15) is 219 Å². The lowest BCUT2D eigenvalue weighted by molar-refractivity contribution is -0.124. The zero-order chi connectivity index (χ0) is 85.9. The predicted molar refractivity (Wildman–Crippen MR) is 478 cm³/mol. The van der Waals surface area contributed by atoms with Gasteiger partial charge in [-0.25, -0.2) is 13.2 Å². The second kappa shape index (κ2) is 38.7. The van der Waals surface area contributed by atoms with Crippen molar-refractivity contribution in [3.63, 3.8) is 0 Å². The van der Waals surface area contributed by atoms with Gasteiger partial charge in [-0.05, 0) is 245 Å². The summed E-state index contributed by atoms with van der Waals surface area (Å²) in [6, 6.07) is 60.8. The molecule has 0 spiro atoms. The van der Waals surface area contributed by atoms with Crippen LogP contribution < -0.4 is 31.1 Å². The van der Waals surface area contributed by atoms with E-state index in [-0.39, 0.29) is 63.0 Å². The van der Waals surface area contributed by atoms with Gasteiger partial charge in [0.15, 0.2) is 0 Å². The predicted octanol–water partition coefficient (Wildman–Crippen LogP) is 21.3. The Balaban J connectivity index is 0.000000165. The van der Waals surface area contributed by atoms with Gasteiger partial charge in [0.25, 0.3) is 17.7 Å². The number of aryl methyl sites for hydroxylation is 3. The van der Waals surface area contributed by atoms with Crippen molar-refractivity contribution < 1.29 is 41.9 Å². The quantitative estimate of drug-likeness (QED) is 0.0648. The Kier molecular flexibility index (Phi) is 28.3. The molecule has 4 N–H and O–H groups in total. The topological polar surface area (TPSA) is 170 Å². The number of amides is 6. The number of likely N-dealkylation sites (tertiary alicyclic amines) is 4. The van der Waals surface area contributed by atoms with Gasteiger partial charge in [0.2, 0.25) is 17.7 Å². The first-order chi connectivity index (χ1) is 57.4. The lowest BCUT2D eigenvalue weighted by Crippen LogP contribution is -2.46. The van der Waals surface area contributed by atoms with E-state index in [9.17, 15) is 37.5 Å². The maximum absolute atomic E-state index is 15.0. The standard InChI is InChI=1S/C36H42FN3O2.C33H39FN4O2.C32H38FN3O2/c1-24-10-6-15-31(37)32(24)35(42)40-21-9-14-30(34(41)38-29-13-7-12-28(22-29)36(3,4)5)33(40)27-18-16-26(17-19-27)23-39-20-8-11-25(39)2;1-22-9-5-14-29(34)30(22)33(40)38-20-8-13-28(31(38)24-15-17-26(18-16-24)36(3)4)32(39)35-25-11-6-12-27(21-25)37-19-7-10-23(37)2;1-6-34-24-14-8-12-22(19-24)29-26(30(37)35-25-15-9-13-23(20-25)32(3,4)5)16-10-18-36(29)31(38)28-21(2)11-7-17-27(28)33/h6-7,10,12-13,15-19,22,30,33H,2,8-9,11,14,20-21,23H2,1,3-5H3,(H,38,41);5-6,9,11-12,14-18,21,23,28,31H,7-8,10,13,19-20H2,1-4H3,(H,35,39);7-9,11-15,17,19-20,26,29,34H,6,10,16,18H2,1-5H3,(H,35,37)/t30-,33-;23?,28-,31-;26-,29-/m000/s1. The van der Waals surface area contributed by atoms with Gasteiger partial charge in [-0.2, -0.15) is 0 Å². The molecule has 1 unspecified atom stereocenters. The smallest absolute Gasteiger partial charge is 0.257 e. The molecule has 16 nitrogen and oxygen atoms in total. The van der Waals surface area contributed by atoms with Gasteiger partial charge in [-0.15, -0.1) is 0 Å². The van der Waals surface area contributed by atoms with Crippen molar-refractivity contribution in [1.29, 1.82) is 0 Å². The van der Waals surface area contributed by atoms with E-state index in [2.05, 4.69) is 116 Å². The molecule has 0 saturated carbocycles. The number of nitrogens with one attached hydrogen (secondary N) is 4. The highest BCUT2D eigenvalue weighted by molar-refractivity contribution is 6.01. The van der Waals surface area contributed by atoms with Crippen molar-refractivity contribution in [2.45, 2.75) is 182 Å². The fourth-order valence-electron chi connectivity index (χ4n) is 17.8. The largest absolute Gasteiger partial charge is 0.385 e. The van der Waals surface area contributed by atoms with Gasteiger partial charge in [-0.1, -0.05) is 163 Å². The van der Waals surface area contributed by atoms with Crippen LogP contribution in [0.5, 0.6) is 0 Å². The molecule has 0 aromatic heterocycles. The lowest BCUT2D eigenvalue weighted by atomic mass is 9.82. The van der Waals surface area contributed by atoms with Crippen LogP contribution in [0, 0.1) is 56.0 Å². The van der Waals surface area contributed by atoms with Crippen molar-refractivity contribution in [3.8, 4) is 0 Å². The van der Waals surface area contributed by atoms with Gasteiger partial charge in [-0.3, -0.25) is 28.8 Å². The van der Waals surface area contributed by atoms with E-state index in [1.165, 1.54) is 24.6 Å². The van der Waals surface area contributed by atoms with Crippen LogP contribution in [0.4, 0.5) is 47.3 Å². The van der Waals surface area contributed by atoms with Crippen LogP contribution in [-0.4, -0.2) is 114 Å². The maximum Gasteiger partial charge on any atom is 0.257 e. The van der Waals surface area contributed by atoms with E-state index >= 15 is 4.39 Å². The van der Waals surface area contributed by atoms with Crippen LogP contribution in [-0.2, 0) is 31.8 Å². The monoisotopic (exact) mass is 1620 g/mol. The molecular formula is C101H119F3N10O6. The second-order valence-corrected chi connectivity index (χ2v) is 35.2. The Morgan fingerprint density at radius 2 is 0.833 bits per heavy atom. The number of hydrogen-bond donors (Lipinski definition) is 4. The minimum Gasteiger partial charge on any atom is -0.385 e. The van der Waals surface area contributed by atoms with Crippen molar-refractivity contribution in [2.75, 3.05) is 84.4 Å². The Hall–Kier alpha value is -11.5. The molecule has 5 fully saturated rings. The van der Waals surface area contributed by atoms with Crippen molar-refractivity contribution >= 4 is 69.6 Å². The molecule has 14 rings (SSSR count). The third kappa shape index (κ3) is 20.7. The van der Waals surface area contributed by atoms with Crippen molar-refractivity contribution in [2.24, 2.45) is 17.8 Å². The Labute approximate surface area is 708 Å². The third-order valence-corrected chi connectivity index (χ3v) is 24.4. The third-order valence-electron chi connectivity index (χ3n) is 24.4. The summed E-state index contributed by atoms with van der Waals surface area (Å²) in [5, 5.41) is 12.7. The van der Waals surface area contributed by atoms with Crippen molar-refractivity contribution in [1.82, 2.24) is 19.6 Å². The van der Waals surface area contributed by atoms with Crippen LogP contribution in [0.15, 0.2) is 212 Å². The number of rotatable bonds is 18. The van der Waals surface area contributed by atoms with Gasteiger partial charge in [0.1, 0.15) is 17.5 Å². The lowest BCUT2D eigenvalue weighted by Gasteiger charge is -2.41. The molecule has 7 atom stereocenters. The zero-order valence-electron chi connectivity index (χ0n) is 72.1. The Morgan fingerprint density at radius 3 is 1.23 bits per heavy atom. The maximum atomic E-state index is 15.0. The summed E-state index contributed by atoms with van der Waals surface area (Å²) in [5.41, 5.74) is 14.3. The van der Waals surface area contributed by atoms with E-state index < -0.39 is 53.3 Å². The summed E-state index contributed by atoms with van der Waals surface area (Å²) in [4.78, 5) is 95.2. The SMILES string of the molecule is C=C1CCCN1Cc1ccc([C@H]2[C@@H](C(=O)Nc3cccc(C(C)(C)C)c3)CCCN2C(=O)c2c(C)cccc2F)cc1.CCNc1cccc([C@H]2[C@@H](C(=O)Nc3cccc(C(C)(C)C)c3)CCCN2C(=O)c2c(C)cccc2F)c1.Cc1cccc(F)c1C(=O)N1CCC[C@H](C(=O)Nc2cccc(N3CCCC3C)c2)[C@@H]1c1ccc(N(C)C)cc1. The Bertz CT molecular complexity index is 5110. The first-order valence-electron chi connectivity index (χ1n) is 42.7. The van der Waals surface area contributed by atoms with Crippen LogP contribution in [0.2, 0.25) is 0 Å². The van der Waals surface area contributed by atoms with E-state index in [1.807, 2.05) is 141 Å². The molecule has 0 aliphatic carbocycles. The minimum atomic E-state index is -0.541. The fourth-order valence-corrected chi connectivity index (χ4v) is 17.8. The number of halogens is 3. The van der Waals surface area contributed by atoms with E-state index in [4.69, 9.17) is 0 Å². The molecule has 0 radical (unpaired) electrons.